The predicted octanol–water partition coefficient (Wildman–Crippen LogP) is 3.70. The van der Waals surface area contributed by atoms with Crippen LogP contribution in [-0.4, -0.2) is 16.8 Å². The van der Waals surface area contributed by atoms with Crippen LogP contribution in [0.3, 0.4) is 0 Å². The van der Waals surface area contributed by atoms with Gasteiger partial charge in [0.25, 0.3) is 17.4 Å². The Morgan fingerprint density at radius 1 is 0.931 bits per heavy atom. The van der Waals surface area contributed by atoms with Crippen LogP contribution in [0.15, 0.2) is 70.4 Å². The Morgan fingerprint density at radius 3 is 2.24 bits per heavy atom. The molecule has 6 nitrogen and oxygen atoms in total. The average molecular weight is 428 g/mol. The molecule has 0 radical (unpaired) electrons. The predicted molar refractivity (Wildman–Crippen MR) is 114 cm³/mol. The van der Waals surface area contributed by atoms with Gasteiger partial charge in [-0.3, -0.25) is 25.2 Å². The lowest BCUT2D eigenvalue weighted by atomic mass is 10.1. The average Bonchev–Trinajstić information content (AvgIpc) is 2.72. The molecule has 29 heavy (non-hydrogen) atoms. The highest BCUT2D eigenvalue weighted by atomic mass is 35.5. The van der Waals surface area contributed by atoms with E-state index < -0.39 is 17.4 Å². The number of hydrogen-bond acceptors (Lipinski definition) is 4. The zero-order chi connectivity index (χ0) is 20.8. The van der Waals surface area contributed by atoms with Crippen LogP contribution in [0.1, 0.15) is 32.0 Å². The van der Waals surface area contributed by atoms with Crippen molar-refractivity contribution in [1.82, 2.24) is 15.8 Å². The summed E-state index contributed by atoms with van der Waals surface area (Å²) in [5, 5.41) is 0.698. The Balaban J connectivity index is 1.53. The minimum absolute atomic E-state index is 0.0783. The fraction of sp³-hybridized carbons (Fsp3) is 0.0952. The number of benzene rings is 2. The van der Waals surface area contributed by atoms with E-state index in [1.54, 1.807) is 36.9 Å². The van der Waals surface area contributed by atoms with Gasteiger partial charge in [-0.15, -0.1) is 11.8 Å². The fourth-order valence-electron chi connectivity index (χ4n) is 2.45. The number of thioether (sulfide) groups is 1. The van der Waals surface area contributed by atoms with Crippen molar-refractivity contribution in [2.75, 3.05) is 0 Å². The van der Waals surface area contributed by atoms with E-state index in [1.807, 2.05) is 36.4 Å². The van der Waals surface area contributed by atoms with Crippen molar-refractivity contribution >= 4 is 35.2 Å². The van der Waals surface area contributed by atoms with Crippen LogP contribution in [0, 0.1) is 6.92 Å². The summed E-state index contributed by atoms with van der Waals surface area (Å²) in [7, 11) is 0. The van der Waals surface area contributed by atoms with E-state index in [0.29, 0.717) is 16.3 Å². The number of hydrogen-bond donors (Lipinski definition) is 3. The monoisotopic (exact) mass is 427 g/mol. The first-order chi connectivity index (χ1) is 13.9. The molecular weight excluding hydrogens is 410 g/mol. The van der Waals surface area contributed by atoms with Crippen molar-refractivity contribution in [3.8, 4) is 0 Å². The molecule has 3 rings (SSSR count). The quantitative estimate of drug-likeness (QED) is 0.427. The summed E-state index contributed by atoms with van der Waals surface area (Å²) < 4.78 is 0. The Morgan fingerprint density at radius 2 is 1.59 bits per heavy atom. The number of halogens is 1. The lowest BCUT2D eigenvalue weighted by Crippen LogP contribution is -2.43. The maximum atomic E-state index is 12.2. The molecule has 3 N–H and O–H groups in total. The summed E-state index contributed by atoms with van der Waals surface area (Å²) in [6.07, 6.45) is 0. The van der Waals surface area contributed by atoms with E-state index in [0.717, 1.165) is 16.2 Å². The molecule has 0 atom stereocenters. The van der Waals surface area contributed by atoms with Gasteiger partial charge in [-0.25, -0.2) is 0 Å². The van der Waals surface area contributed by atoms with Crippen LogP contribution in [-0.2, 0) is 5.75 Å². The highest BCUT2D eigenvalue weighted by Crippen LogP contribution is 2.24. The van der Waals surface area contributed by atoms with Crippen LogP contribution in [0.5, 0.6) is 0 Å². The highest BCUT2D eigenvalue weighted by Gasteiger charge is 2.12. The first-order valence-electron chi connectivity index (χ1n) is 8.70. The van der Waals surface area contributed by atoms with Gasteiger partial charge < -0.3 is 4.98 Å². The molecule has 8 heteroatoms. The second kappa shape index (κ2) is 9.45. The molecule has 2 amide bonds. The second-order valence-corrected chi connectivity index (χ2v) is 7.72. The Kier molecular flexibility index (Phi) is 6.74. The van der Waals surface area contributed by atoms with Crippen LogP contribution >= 0.6 is 23.4 Å². The van der Waals surface area contributed by atoms with E-state index in [9.17, 15) is 14.4 Å². The Bertz CT molecular complexity index is 1080. The van der Waals surface area contributed by atoms with E-state index in [2.05, 4.69) is 15.8 Å². The van der Waals surface area contributed by atoms with Crippen LogP contribution in [0.4, 0.5) is 0 Å². The molecule has 0 saturated carbocycles. The first-order valence-corrected chi connectivity index (χ1v) is 10.1. The largest absolute Gasteiger partial charge is 0.326 e. The number of aromatic nitrogens is 1. The topological polar surface area (TPSA) is 91.1 Å². The van der Waals surface area contributed by atoms with Crippen molar-refractivity contribution in [2.24, 2.45) is 0 Å². The van der Waals surface area contributed by atoms with Gasteiger partial charge in [0, 0.05) is 26.9 Å². The van der Waals surface area contributed by atoms with Gasteiger partial charge >= 0.3 is 0 Å². The van der Waals surface area contributed by atoms with Crippen molar-refractivity contribution in [2.45, 2.75) is 17.6 Å². The number of aryl methyl sites for hydroxylation is 1. The molecular formula is C21H18ClN3O3S. The summed E-state index contributed by atoms with van der Waals surface area (Å²) in [5.74, 6) is -0.411. The van der Waals surface area contributed by atoms with Gasteiger partial charge in [-0.2, -0.15) is 0 Å². The number of hydrazine groups is 1. The van der Waals surface area contributed by atoms with Crippen LogP contribution in [0.25, 0.3) is 0 Å². The number of carbonyl (C=O) groups is 2. The minimum atomic E-state index is -0.685. The SMILES string of the molecule is Cc1ccc(C(=O)NNC(=O)c2ccc(CSc3ccc(Cl)cc3)cc2)c(=O)[nH]1. The van der Waals surface area contributed by atoms with Gasteiger partial charge in [0.05, 0.1) is 0 Å². The Labute approximate surface area is 176 Å². The number of nitrogens with one attached hydrogen (secondary N) is 3. The number of aromatic amines is 1. The number of pyridine rings is 1. The van der Waals surface area contributed by atoms with E-state index in [4.69, 9.17) is 11.6 Å². The molecule has 0 unspecified atom stereocenters. The van der Waals surface area contributed by atoms with Gasteiger partial charge in [-0.05, 0) is 61.0 Å². The van der Waals surface area contributed by atoms with Crippen molar-refractivity contribution in [3.63, 3.8) is 0 Å². The summed E-state index contributed by atoms with van der Waals surface area (Å²) in [6, 6.07) is 17.7. The number of amides is 2. The summed E-state index contributed by atoms with van der Waals surface area (Å²) in [6.45, 7) is 1.71. The Hall–Kier alpha value is -3.03. The molecule has 0 aliphatic rings. The second-order valence-electron chi connectivity index (χ2n) is 6.23. The molecule has 0 aliphatic carbocycles. The smallest absolute Gasteiger partial charge is 0.275 e. The number of rotatable bonds is 5. The first kappa shape index (κ1) is 20.7. The maximum Gasteiger partial charge on any atom is 0.275 e. The van der Waals surface area contributed by atoms with E-state index in [-0.39, 0.29) is 5.56 Å². The summed E-state index contributed by atoms with van der Waals surface area (Å²) in [4.78, 5) is 39.7. The van der Waals surface area contributed by atoms with Gasteiger partial charge in [-0.1, -0.05) is 23.7 Å². The summed E-state index contributed by atoms with van der Waals surface area (Å²) in [5.41, 5.74) is 6.06. The van der Waals surface area contributed by atoms with E-state index >= 15 is 0 Å². The zero-order valence-corrected chi connectivity index (χ0v) is 17.1. The van der Waals surface area contributed by atoms with Gasteiger partial charge in [0.2, 0.25) is 0 Å². The lowest BCUT2D eigenvalue weighted by molar-refractivity contribution is 0.0846. The molecule has 0 saturated heterocycles. The van der Waals surface area contributed by atoms with Crippen LogP contribution < -0.4 is 16.4 Å². The molecule has 1 aromatic heterocycles. The zero-order valence-electron chi connectivity index (χ0n) is 15.5. The molecule has 3 aromatic rings. The lowest BCUT2D eigenvalue weighted by Gasteiger charge is -2.08. The number of carbonyl (C=O) groups excluding carboxylic acids is 2. The highest BCUT2D eigenvalue weighted by molar-refractivity contribution is 7.98. The number of H-pyrrole nitrogens is 1. The molecule has 1 heterocycles. The third-order valence-electron chi connectivity index (χ3n) is 4.02. The third kappa shape index (κ3) is 5.73. The standard InChI is InChI=1S/C21H18ClN3O3S/c1-13-2-11-18(20(27)23-13)21(28)25-24-19(26)15-5-3-14(4-6-15)12-29-17-9-7-16(22)8-10-17/h2-11H,12H2,1H3,(H,23,27)(H,24,26)(H,25,28). The minimum Gasteiger partial charge on any atom is -0.326 e. The van der Waals surface area contributed by atoms with Crippen molar-refractivity contribution < 1.29 is 9.59 Å². The molecule has 2 aromatic carbocycles. The maximum absolute atomic E-state index is 12.2. The van der Waals surface area contributed by atoms with Gasteiger partial charge in [0.1, 0.15) is 5.56 Å². The third-order valence-corrected chi connectivity index (χ3v) is 5.36. The van der Waals surface area contributed by atoms with Crippen molar-refractivity contribution in [1.29, 1.82) is 0 Å². The van der Waals surface area contributed by atoms with E-state index in [1.165, 1.54) is 6.07 Å². The molecule has 0 spiro atoms. The fourth-order valence-corrected chi connectivity index (χ4v) is 3.43. The van der Waals surface area contributed by atoms with Crippen LogP contribution in [0.2, 0.25) is 5.02 Å². The molecule has 148 valence electrons. The molecule has 0 fully saturated rings. The van der Waals surface area contributed by atoms with Crippen molar-refractivity contribution in [3.05, 3.63) is 98.4 Å². The summed E-state index contributed by atoms with van der Waals surface area (Å²) >= 11 is 7.54. The molecule has 0 aliphatic heterocycles. The normalized spacial score (nSPS) is 10.4. The van der Waals surface area contributed by atoms with Gasteiger partial charge in [0.15, 0.2) is 0 Å². The molecule has 0 bridgehead atoms.